The summed E-state index contributed by atoms with van der Waals surface area (Å²) in [6.07, 6.45) is 6.39. The number of amides is 1. The Hall–Kier alpha value is -2.37. The monoisotopic (exact) mass is 411 g/mol. The molecule has 152 valence electrons. The fourth-order valence-electron chi connectivity index (χ4n) is 4.13. The Kier molecular flexibility index (Phi) is 5.88. The van der Waals surface area contributed by atoms with Gasteiger partial charge < -0.3 is 15.0 Å². The zero-order valence-corrected chi connectivity index (χ0v) is 17.5. The fraction of sp³-hybridized carbons (Fsp3) is 0.391. The molecule has 1 aromatic heterocycles. The molecule has 0 bridgehead atoms. The van der Waals surface area contributed by atoms with Gasteiger partial charge in [-0.05, 0) is 53.1 Å². The molecule has 0 atom stereocenters. The molecule has 29 heavy (non-hydrogen) atoms. The van der Waals surface area contributed by atoms with Crippen LogP contribution in [0.4, 0.5) is 0 Å². The van der Waals surface area contributed by atoms with E-state index >= 15 is 0 Å². The topological polar surface area (TPSA) is 54.5 Å². The molecule has 1 amide bonds. The number of nitrogens with one attached hydrogen (secondary N) is 1. The van der Waals surface area contributed by atoms with Crippen LogP contribution in [-0.4, -0.2) is 48.1 Å². The number of nitrogens with zero attached hydrogens (tertiary/aromatic N) is 2. The maximum absolute atomic E-state index is 12.1. The summed E-state index contributed by atoms with van der Waals surface area (Å²) < 4.78 is 5.49. The Balaban J connectivity index is 1.74. The largest absolute Gasteiger partial charge is 0.385 e. The number of rotatable bonds is 4. The second kappa shape index (κ2) is 8.56. The lowest BCUT2D eigenvalue weighted by Gasteiger charge is -2.34. The number of hydrogen-bond acceptors (Lipinski definition) is 4. The van der Waals surface area contributed by atoms with Crippen LogP contribution in [0.2, 0.25) is 5.02 Å². The van der Waals surface area contributed by atoms with Gasteiger partial charge in [0.15, 0.2) is 0 Å². The average Bonchev–Trinajstić information content (AvgIpc) is 2.73. The summed E-state index contributed by atoms with van der Waals surface area (Å²) in [6.45, 7) is 8.88. The summed E-state index contributed by atoms with van der Waals surface area (Å²) in [7, 11) is 0. The first-order valence-corrected chi connectivity index (χ1v) is 10.5. The summed E-state index contributed by atoms with van der Waals surface area (Å²) in [5, 5.41) is 6.44. The molecule has 0 radical (unpaired) electrons. The molecule has 0 aliphatic carbocycles. The summed E-state index contributed by atoms with van der Waals surface area (Å²) in [5.74, 6) is 0.0815. The van der Waals surface area contributed by atoms with Gasteiger partial charge in [0.1, 0.15) is 0 Å². The van der Waals surface area contributed by atoms with E-state index in [0.717, 1.165) is 66.5 Å². The summed E-state index contributed by atoms with van der Waals surface area (Å²) in [6, 6.07) is 6.23. The molecule has 6 heteroatoms. The second-order valence-corrected chi connectivity index (χ2v) is 8.14. The van der Waals surface area contributed by atoms with Gasteiger partial charge in [-0.2, -0.15) is 0 Å². The van der Waals surface area contributed by atoms with Crippen LogP contribution in [0.15, 0.2) is 48.4 Å². The summed E-state index contributed by atoms with van der Waals surface area (Å²) in [4.78, 5) is 18.2. The Labute approximate surface area is 176 Å². The lowest BCUT2D eigenvalue weighted by atomic mass is 9.90. The van der Waals surface area contributed by atoms with Gasteiger partial charge >= 0.3 is 0 Å². The van der Waals surface area contributed by atoms with Crippen LogP contribution >= 0.6 is 11.6 Å². The van der Waals surface area contributed by atoms with Crippen molar-refractivity contribution in [3.63, 3.8) is 0 Å². The van der Waals surface area contributed by atoms with Crippen molar-refractivity contribution >= 4 is 33.9 Å². The maximum Gasteiger partial charge on any atom is 0.219 e. The first-order valence-electron chi connectivity index (χ1n) is 10.1. The molecule has 1 N–H and O–H groups in total. The minimum Gasteiger partial charge on any atom is -0.385 e. The van der Waals surface area contributed by atoms with E-state index in [1.807, 2.05) is 29.3 Å². The predicted octanol–water partition coefficient (Wildman–Crippen LogP) is 4.18. The number of hydrogen-bond donors (Lipinski definition) is 1. The van der Waals surface area contributed by atoms with Gasteiger partial charge in [-0.25, -0.2) is 0 Å². The Bertz CT molecular complexity index is 979. The van der Waals surface area contributed by atoms with Crippen molar-refractivity contribution in [2.45, 2.75) is 32.2 Å². The average molecular weight is 412 g/mol. The van der Waals surface area contributed by atoms with Crippen LogP contribution in [-0.2, 0) is 9.53 Å². The minimum absolute atomic E-state index is 0.0815. The quantitative estimate of drug-likeness (QED) is 0.820. The van der Waals surface area contributed by atoms with E-state index in [-0.39, 0.29) is 5.91 Å². The molecule has 5 nitrogen and oxygen atoms in total. The third kappa shape index (κ3) is 4.31. The number of carbonyl (C=O) groups is 1. The van der Waals surface area contributed by atoms with Gasteiger partial charge in [0.25, 0.3) is 0 Å². The number of fused-ring (bicyclic) bond motifs is 1. The lowest BCUT2D eigenvalue weighted by molar-refractivity contribution is -0.128. The van der Waals surface area contributed by atoms with Crippen molar-refractivity contribution in [1.82, 2.24) is 15.2 Å². The Morgan fingerprint density at radius 3 is 2.90 bits per heavy atom. The number of carbonyl (C=O) groups excluding carboxylic acids is 1. The van der Waals surface area contributed by atoms with Crippen LogP contribution in [0.1, 0.15) is 31.7 Å². The third-order valence-electron chi connectivity index (χ3n) is 5.80. The Morgan fingerprint density at radius 1 is 1.34 bits per heavy atom. The van der Waals surface area contributed by atoms with E-state index < -0.39 is 0 Å². The fourth-order valence-corrected chi connectivity index (χ4v) is 4.36. The first kappa shape index (κ1) is 19.9. The van der Waals surface area contributed by atoms with Gasteiger partial charge in [-0.15, -0.1) is 0 Å². The molecular weight excluding hydrogens is 386 g/mol. The molecule has 3 heterocycles. The number of pyridine rings is 1. The second-order valence-electron chi connectivity index (χ2n) is 7.71. The van der Waals surface area contributed by atoms with Crippen LogP contribution in [0.25, 0.3) is 16.3 Å². The SMILES string of the molecule is C=C(C1=C(NC2CCOCC2)CCN(C(C)=O)C1)c1cc(Cl)cc2ccncc12. The molecule has 2 aliphatic rings. The van der Waals surface area contributed by atoms with Crippen molar-refractivity contribution < 1.29 is 9.53 Å². The Morgan fingerprint density at radius 2 is 2.14 bits per heavy atom. The van der Waals surface area contributed by atoms with Crippen LogP contribution in [0, 0.1) is 0 Å². The number of aromatic nitrogens is 1. The van der Waals surface area contributed by atoms with E-state index in [9.17, 15) is 4.79 Å². The highest BCUT2D eigenvalue weighted by Crippen LogP contribution is 2.35. The van der Waals surface area contributed by atoms with E-state index in [2.05, 4.69) is 16.9 Å². The minimum atomic E-state index is 0.0815. The van der Waals surface area contributed by atoms with Gasteiger partial charge in [0.2, 0.25) is 5.91 Å². The maximum atomic E-state index is 12.1. The van der Waals surface area contributed by atoms with Crippen molar-refractivity contribution in [1.29, 1.82) is 0 Å². The number of benzene rings is 1. The molecule has 0 spiro atoms. The standard InChI is InChI=1S/C23H26ClN3O2/c1-15(20-12-18(24)11-17-3-7-25-13-21(17)20)22-14-27(16(2)28)8-4-23(22)26-19-5-9-29-10-6-19/h3,7,11-13,19,26H,1,4-6,8-10,14H2,2H3. The van der Waals surface area contributed by atoms with Crippen molar-refractivity contribution in [2.75, 3.05) is 26.3 Å². The van der Waals surface area contributed by atoms with E-state index in [4.69, 9.17) is 16.3 Å². The first-order chi connectivity index (χ1) is 14.0. The van der Waals surface area contributed by atoms with Gasteiger partial charge in [0.05, 0.1) is 0 Å². The smallest absolute Gasteiger partial charge is 0.219 e. The van der Waals surface area contributed by atoms with Crippen molar-refractivity contribution in [3.05, 3.63) is 59.0 Å². The third-order valence-corrected chi connectivity index (χ3v) is 6.02. The molecule has 0 unspecified atom stereocenters. The van der Waals surface area contributed by atoms with Gasteiger partial charge in [-0.1, -0.05) is 18.2 Å². The highest BCUT2D eigenvalue weighted by atomic mass is 35.5. The molecule has 1 saturated heterocycles. The van der Waals surface area contributed by atoms with Crippen molar-refractivity contribution in [3.8, 4) is 0 Å². The highest BCUT2D eigenvalue weighted by Gasteiger charge is 2.26. The van der Waals surface area contributed by atoms with Crippen molar-refractivity contribution in [2.24, 2.45) is 0 Å². The van der Waals surface area contributed by atoms with Gasteiger partial charge in [0, 0.05) is 74.2 Å². The molecule has 0 saturated carbocycles. The summed E-state index contributed by atoms with van der Waals surface area (Å²) >= 11 is 6.41. The highest BCUT2D eigenvalue weighted by molar-refractivity contribution is 6.31. The van der Waals surface area contributed by atoms with Gasteiger partial charge in [-0.3, -0.25) is 9.78 Å². The predicted molar refractivity (Wildman–Crippen MR) is 117 cm³/mol. The summed E-state index contributed by atoms with van der Waals surface area (Å²) in [5.41, 5.74) is 4.11. The number of halogens is 1. The van der Waals surface area contributed by atoms with Crippen LogP contribution < -0.4 is 5.32 Å². The molecule has 4 rings (SSSR count). The zero-order valence-electron chi connectivity index (χ0n) is 16.7. The lowest BCUT2D eigenvalue weighted by Crippen LogP contribution is -2.41. The van der Waals surface area contributed by atoms with E-state index in [1.165, 1.54) is 5.70 Å². The molecular formula is C23H26ClN3O2. The van der Waals surface area contributed by atoms with E-state index in [0.29, 0.717) is 17.6 Å². The van der Waals surface area contributed by atoms with Crippen LogP contribution in [0.3, 0.4) is 0 Å². The zero-order chi connectivity index (χ0) is 20.4. The molecule has 1 fully saturated rings. The normalized spacial score (nSPS) is 18.2. The van der Waals surface area contributed by atoms with Crippen LogP contribution in [0.5, 0.6) is 0 Å². The molecule has 2 aliphatic heterocycles. The molecule has 1 aromatic carbocycles. The molecule has 2 aromatic rings. The van der Waals surface area contributed by atoms with E-state index in [1.54, 1.807) is 13.1 Å². The number of ether oxygens (including phenoxy) is 1.